The van der Waals surface area contributed by atoms with E-state index >= 15 is 8.78 Å². The predicted octanol–water partition coefficient (Wildman–Crippen LogP) is 9.54. The van der Waals surface area contributed by atoms with Gasteiger partial charge in [-0.2, -0.15) is 0 Å². The van der Waals surface area contributed by atoms with Crippen LogP contribution in [0.15, 0.2) is 85.0 Å². The minimum atomic E-state index is -2.96. The Morgan fingerprint density at radius 2 is 1.62 bits per heavy atom. The number of carbonyl (C=O) groups is 1. The number of allylic oxidation sites excluding steroid dienone is 3. The second-order valence-corrected chi connectivity index (χ2v) is 19.3. The first-order valence-corrected chi connectivity index (χ1v) is 20.8. The van der Waals surface area contributed by atoms with Crippen molar-refractivity contribution in [1.29, 1.82) is 0 Å². The Kier molecular flexibility index (Phi) is 15.5. The molecule has 0 amide bonds. The van der Waals surface area contributed by atoms with Crippen molar-refractivity contribution >= 4 is 24.7 Å². The van der Waals surface area contributed by atoms with Crippen molar-refractivity contribution in [3.8, 4) is 0 Å². The Morgan fingerprint density at radius 3 is 2.20 bits per heavy atom. The fourth-order valence-electron chi connectivity index (χ4n) is 7.66. The first-order valence-electron chi connectivity index (χ1n) is 18.9. The summed E-state index contributed by atoms with van der Waals surface area (Å²) in [5.41, 5.74) is 0. The molecule has 0 N–H and O–H groups in total. The van der Waals surface area contributed by atoms with E-state index in [0.717, 1.165) is 44.6 Å². The molecule has 5 nitrogen and oxygen atoms in total. The van der Waals surface area contributed by atoms with Gasteiger partial charge in [-0.3, -0.25) is 4.79 Å². The highest BCUT2D eigenvalue weighted by atomic mass is 28.4. The largest absolute Gasteiger partial charge is 0.469 e. The Hall–Kier alpha value is -2.65. The third-order valence-corrected chi connectivity index (χ3v) is 15.4. The van der Waals surface area contributed by atoms with Gasteiger partial charge in [0, 0.05) is 25.4 Å². The number of rotatable bonds is 18. The van der Waals surface area contributed by atoms with Crippen LogP contribution in [0, 0.1) is 11.8 Å². The van der Waals surface area contributed by atoms with Gasteiger partial charge in [0.1, 0.15) is 0 Å². The standard InChI is InChI=1S/C42H60F2O5Si/c1-6-7-19-29-42(43,44)30-28-36-35(25-16-8-9-17-26-39(45)46-5)38(32-37(36)48-40-27-18-20-31-47-40)49-50(41(2,3)4,33-21-12-10-13-22-33)34-23-14-11-15-24-34/h8,10-16,21-24,28,30,35-38,40H,6-7,9,17-20,25-27,29,31-32H2,1-5H3/t35-,36+,37-,38-,40?/m1/s1. The summed E-state index contributed by atoms with van der Waals surface area (Å²) in [6.07, 6.45) is 14.0. The van der Waals surface area contributed by atoms with Crippen LogP contribution in [0.3, 0.4) is 0 Å². The molecule has 0 bridgehead atoms. The van der Waals surface area contributed by atoms with Crippen molar-refractivity contribution in [2.45, 2.75) is 134 Å². The quantitative estimate of drug-likeness (QED) is 0.0668. The van der Waals surface area contributed by atoms with Crippen molar-refractivity contribution in [3.63, 3.8) is 0 Å². The van der Waals surface area contributed by atoms with Crippen LogP contribution < -0.4 is 10.4 Å². The van der Waals surface area contributed by atoms with E-state index in [9.17, 15) is 4.79 Å². The lowest BCUT2D eigenvalue weighted by molar-refractivity contribution is -0.193. The fraction of sp³-hybridized carbons (Fsp3) is 0.595. The predicted molar refractivity (Wildman–Crippen MR) is 200 cm³/mol. The molecule has 0 spiro atoms. The summed E-state index contributed by atoms with van der Waals surface area (Å²) in [6.45, 7) is 9.47. The maximum absolute atomic E-state index is 15.3. The van der Waals surface area contributed by atoms with Crippen LogP contribution >= 0.6 is 0 Å². The molecule has 0 aromatic heterocycles. The molecule has 1 heterocycles. The zero-order valence-electron chi connectivity index (χ0n) is 31.0. The average Bonchev–Trinajstić information content (AvgIpc) is 3.42. The maximum atomic E-state index is 15.3. The summed E-state index contributed by atoms with van der Waals surface area (Å²) < 4.78 is 56.0. The Balaban J connectivity index is 1.75. The maximum Gasteiger partial charge on any atom is 0.305 e. The Labute approximate surface area is 300 Å². The molecule has 2 aromatic rings. The minimum absolute atomic E-state index is 0.107. The molecule has 1 saturated carbocycles. The van der Waals surface area contributed by atoms with Gasteiger partial charge in [-0.1, -0.05) is 119 Å². The van der Waals surface area contributed by atoms with E-state index in [-0.39, 0.29) is 47.8 Å². The lowest BCUT2D eigenvalue weighted by Crippen LogP contribution is -2.68. The van der Waals surface area contributed by atoms with E-state index in [1.165, 1.54) is 17.5 Å². The number of ether oxygens (including phenoxy) is 3. The first kappa shape index (κ1) is 40.1. The molecule has 2 aliphatic rings. The van der Waals surface area contributed by atoms with Gasteiger partial charge in [0.25, 0.3) is 14.2 Å². The molecule has 1 saturated heterocycles. The van der Waals surface area contributed by atoms with E-state index in [1.807, 2.05) is 19.1 Å². The van der Waals surface area contributed by atoms with Crippen molar-refractivity contribution in [2.75, 3.05) is 13.7 Å². The van der Waals surface area contributed by atoms with Gasteiger partial charge < -0.3 is 18.6 Å². The average molecular weight is 711 g/mol. The SMILES string of the molecule is CCCCCC(F)(F)C=C[C@H]1[C@@H](CC=CCCCC(=O)OC)[C@H](O[Si](c2ccccc2)(c2ccccc2)C(C)(C)C)C[C@H]1OC1CCCCO1. The topological polar surface area (TPSA) is 54.0 Å². The minimum Gasteiger partial charge on any atom is -0.469 e. The van der Waals surface area contributed by atoms with Gasteiger partial charge in [-0.25, -0.2) is 8.78 Å². The van der Waals surface area contributed by atoms with Gasteiger partial charge in [-0.05, 0) is 78.8 Å². The summed E-state index contributed by atoms with van der Waals surface area (Å²) in [5, 5.41) is 2.13. The Bertz CT molecular complexity index is 1300. The molecule has 1 aliphatic carbocycles. The first-order chi connectivity index (χ1) is 24.0. The second-order valence-electron chi connectivity index (χ2n) is 15.0. The molecule has 2 aromatic carbocycles. The molecule has 276 valence electrons. The number of unbranched alkanes of at least 4 members (excludes halogenated alkanes) is 3. The zero-order valence-corrected chi connectivity index (χ0v) is 32.0. The van der Waals surface area contributed by atoms with Crippen LogP contribution in [-0.4, -0.2) is 52.4 Å². The lowest BCUT2D eigenvalue weighted by Gasteiger charge is -2.45. The summed E-state index contributed by atoms with van der Waals surface area (Å²) >= 11 is 0. The van der Waals surface area contributed by atoms with E-state index < -0.39 is 14.2 Å². The van der Waals surface area contributed by atoms with Crippen LogP contribution in [0.4, 0.5) is 8.78 Å². The molecule has 50 heavy (non-hydrogen) atoms. The summed E-state index contributed by atoms with van der Waals surface area (Å²) in [6, 6.07) is 21.1. The summed E-state index contributed by atoms with van der Waals surface area (Å²) in [4.78, 5) is 11.7. The van der Waals surface area contributed by atoms with Crippen molar-refractivity contribution in [2.24, 2.45) is 11.8 Å². The fourth-order valence-corrected chi connectivity index (χ4v) is 12.4. The number of carbonyl (C=O) groups excluding carboxylic acids is 1. The van der Waals surface area contributed by atoms with Gasteiger partial charge in [0.05, 0.1) is 19.3 Å². The third-order valence-electron chi connectivity index (χ3n) is 10.3. The molecule has 5 atom stereocenters. The smallest absolute Gasteiger partial charge is 0.305 e. The van der Waals surface area contributed by atoms with Crippen LogP contribution in [-0.2, 0) is 23.4 Å². The molecule has 4 rings (SSSR count). The Morgan fingerprint density at radius 1 is 0.940 bits per heavy atom. The number of esters is 1. The number of alkyl halides is 2. The van der Waals surface area contributed by atoms with E-state index in [1.54, 1.807) is 6.08 Å². The van der Waals surface area contributed by atoms with Crippen molar-refractivity contribution in [3.05, 3.63) is 85.0 Å². The monoisotopic (exact) mass is 710 g/mol. The highest BCUT2D eigenvalue weighted by Crippen LogP contribution is 2.46. The highest BCUT2D eigenvalue weighted by Gasteiger charge is 2.55. The molecule has 1 unspecified atom stereocenters. The number of methoxy groups -OCH3 is 1. The third kappa shape index (κ3) is 10.9. The highest BCUT2D eigenvalue weighted by molar-refractivity contribution is 6.99. The van der Waals surface area contributed by atoms with E-state index in [2.05, 4.69) is 81.5 Å². The number of hydrogen-bond donors (Lipinski definition) is 0. The number of halogens is 2. The molecule has 0 radical (unpaired) electrons. The zero-order chi connectivity index (χ0) is 36.0. The number of hydrogen-bond acceptors (Lipinski definition) is 5. The van der Waals surface area contributed by atoms with Crippen LogP contribution in [0.2, 0.25) is 5.04 Å². The van der Waals surface area contributed by atoms with Crippen LogP contribution in [0.25, 0.3) is 0 Å². The summed E-state index contributed by atoms with van der Waals surface area (Å²) in [7, 11) is -1.56. The molecular weight excluding hydrogens is 651 g/mol. The van der Waals surface area contributed by atoms with Crippen LogP contribution in [0.5, 0.6) is 0 Å². The summed E-state index contributed by atoms with van der Waals surface area (Å²) in [5.74, 6) is -3.51. The van der Waals surface area contributed by atoms with Crippen molar-refractivity contribution < 1.29 is 32.2 Å². The van der Waals surface area contributed by atoms with E-state index in [4.69, 9.17) is 18.6 Å². The van der Waals surface area contributed by atoms with Gasteiger partial charge in [0.15, 0.2) is 6.29 Å². The van der Waals surface area contributed by atoms with Gasteiger partial charge >= 0.3 is 5.97 Å². The van der Waals surface area contributed by atoms with Crippen LogP contribution in [0.1, 0.15) is 105 Å². The number of benzene rings is 2. The van der Waals surface area contributed by atoms with Crippen molar-refractivity contribution in [1.82, 2.24) is 0 Å². The molecular formula is C42H60F2O5Si. The van der Waals surface area contributed by atoms with Gasteiger partial charge in [0.2, 0.25) is 0 Å². The second kappa shape index (κ2) is 19.3. The molecule has 1 aliphatic heterocycles. The van der Waals surface area contributed by atoms with Gasteiger partial charge in [-0.15, -0.1) is 0 Å². The van der Waals surface area contributed by atoms with E-state index in [0.29, 0.717) is 38.7 Å². The lowest BCUT2D eigenvalue weighted by atomic mass is 9.89. The normalized spacial score (nSPS) is 23.5. The molecule has 2 fully saturated rings. The molecule has 8 heteroatoms.